The molecule has 3 heteroatoms. The number of hydrogen-bond donors (Lipinski definition) is 0. The Labute approximate surface area is 61.6 Å². The predicted octanol–water partition coefficient (Wildman–Crippen LogP) is 3.28. The molecule has 0 spiro atoms. The molecule has 9 heavy (non-hydrogen) atoms. The second-order valence-electron chi connectivity index (χ2n) is 1.10. The summed E-state index contributed by atoms with van der Waals surface area (Å²) < 4.78 is 3.61. The van der Waals surface area contributed by atoms with E-state index in [1.165, 1.54) is 11.9 Å². The third-order valence-electron chi connectivity index (χ3n) is 0.293. The lowest BCUT2D eigenvalue weighted by molar-refractivity contribution is 1.20. The minimum absolute atomic E-state index is 0.745. The molecule has 0 heterocycles. The Balaban J connectivity index is 0. The highest BCUT2D eigenvalue weighted by molar-refractivity contribution is 7.97. The molecule has 0 aromatic heterocycles. The summed E-state index contributed by atoms with van der Waals surface area (Å²) in [6.45, 7) is 9.32. The van der Waals surface area contributed by atoms with Crippen LogP contribution < -0.4 is 0 Å². The zero-order valence-electron chi connectivity index (χ0n) is 6.51. The first kappa shape index (κ1) is 11.5. The van der Waals surface area contributed by atoms with Crippen LogP contribution in [0.25, 0.3) is 0 Å². The maximum Gasteiger partial charge on any atom is 0.0534 e. The number of rotatable bonds is 2. The van der Waals surface area contributed by atoms with E-state index in [9.17, 15) is 0 Å². The van der Waals surface area contributed by atoms with Crippen molar-refractivity contribution in [1.29, 1.82) is 0 Å². The maximum absolute atomic E-state index is 3.64. The molecule has 0 aromatic rings. The van der Waals surface area contributed by atoms with Gasteiger partial charge in [-0.15, -0.1) is 9.63 Å². The van der Waals surface area contributed by atoms with Crippen molar-refractivity contribution >= 4 is 11.9 Å². The molecule has 2 nitrogen and oxygen atoms in total. The van der Waals surface area contributed by atoms with Crippen molar-refractivity contribution in [1.82, 2.24) is 0 Å². The summed E-state index contributed by atoms with van der Waals surface area (Å²) in [4.78, 5) is 0. The summed E-state index contributed by atoms with van der Waals surface area (Å²) in [5, 5.41) is 3.64. The number of nitrogens with zero attached hydrogens (tertiary/aromatic N) is 2. The lowest BCUT2D eigenvalue weighted by Crippen LogP contribution is -1.54. The lowest BCUT2D eigenvalue weighted by atomic mass is 10.6. The highest BCUT2D eigenvalue weighted by Gasteiger charge is 1.70. The Morgan fingerprint density at radius 2 is 1.89 bits per heavy atom. The van der Waals surface area contributed by atoms with Gasteiger partial charge in [-0.3, -0.25) is 0 Å². The van der Waals surface area contributed by atoms with E-state index in [0.717, 1.165) is 5.70 Å². The number of hydrogen-bond acceptors (Lipinski definition) is 3. The largest absolute Gasteiger partial charge is 0.149 e. The van der Waals surface area contributed by atoms with Gasteiger partial charge < -0.3 is 0 Å². The van der Waals surface area contributed by atoms with Gasteiger partial charge in [-0.05, 0) is 18.9 Å². The molecule has 0 fully saturated rings. The quantitative estimate of drug-likeness (QED) is 0.433. The van der Waals surface area contributed by atoms with E-state index in [2.05, 4.69) is 16.2 Å². The third kappa shape index (κ3) is 18.3. The molecule has 54 valence electrons. The Kier molecular flexibility index (Phi) is 13.6. The van der Waals surface area contributed by atoms with Crippen LogP contribution in [0.1, 0.15) is 20.8 Å². The molecule has 0 atom stereocenters. The average Bonchev–Trinajstić information content (AvgIpc) is 1.88. The smallest absolute Gasteiger partial charge is 0.0534 e. The fourth-order valence-corrected chi connectivity index (χ4v) is 0.332. The summed E-state index contributed by atoms with van der Waals surface area (Å²) in [6.07, 6.45) is 1.85. The molecular weight excluding hydrogens is 132 g/mol. The van der Waals surface area contributed by atoms with Gasteiger partial charge in [0.1, 0.15) is 0 Å². The minimum atomic E-state index is 0.745. The first-order valence-corrected chi connectivity index (χ1v) is 4.05. The van der Waals surface area contributed by atoms with Gasteiger partial charge in [0, 0.05) is 6.26 Å². The van der Waals surface area contributed by atoms with Crippen molar-refractivity contribution in [3.63, 3.8) is 0 Å². The standard InChI is InChI=1S/C4H8N2S.C2H6/c1-4(2)5-6-7-3;1-2/h1H2,2-3H3;1-2H3. The van der Waals surface area contributed by atoms with E-state index >= 15 is 0 Å². The average molecular weight is 146 g/mol. The van der Waals surface area contributed by atoms with Crippen LogP contribution in [0, 0.1) is 0 Å². The van der Waals surface area contributed by atoms with E-state index in [1.54, 1.807) is 6.92 Å². The highest BCUT2D eigenvalue weighted by Crippen LogP contribution is 1.98. The molecule has 0 saturated heterocycles. The van der Waals surface area contributed by atoms with Crippen LogP contribution in [-0.2, 0) is 0 Å². The summed E-state index contributed by atoms with van der Waals surface area (Å²) in [5.74, 6) is 0. The van der Waals surface area contributed by atoms with E-state index in [-0.39, 0.29) is 0 Å². The van der Waals surface area contributed by atoms with Crippen molar-refractivity contribution in [3.05, 3.63) is 12.3 Å². The number of allylic oxidation sites excluding steroid dienone is 1. The Bertz CT molecular complexity index is 89.1. The fraction of sp³-hybridized carbons (Fsp3) is 0.667. The van der Waals surface area contributed by atoms with Crippen LogP contribution in [0.2, 0.25) is 0 Å². The van der Waals surface area contributed by atoms with Crippen LogP contribution in [-0.4, -0.2) is 6.26 Å². The van der Waals surface area contributed by atoms with Gasteiger partial charge in [0.15, 0.2) is 0 Å². The van der Waals surface area contributed by atoms with Gasteiger partial charge in [0.25, 0.3) is 0 Å². The van der Waals surface area contributed by atoms with Crippen LogP contribution >= 0.6 is 11.9 Å². The van der Waals surface area contributed by atoms with E-state index in [0.29, 0.717) is 0 Å². The van der Waals surface area contributed by atoms with Gasteiger partial charge in [0.05, 0.1) is 5.70 Å². The summed E-state index contributed by atoms with van der Waals surface area (Å²) in [5.41, 5.74) is 0.745. The molecule has 0 saturated carbocycles. The Hall–Kier alpha value is -0.310. The van der Waals surface area contributed by atoms with Gasteiger partial charge in [-0.1, -0.05) is 20.4 Å². The summed E-state index contributed by atoms with van der Waals surface area (Å²) in [6, 6.07) is 0. The topological polar surface area (TPSA) is 24.7 Å². The third-order valence-corrected chi connectivity index (χ3v) is 0.538. The molecule has 0 aliphatic rings. The van der Waals surface area contributed by atoms with Crippen LogP contribution in [0.15, 0.2) is 21.9 Å². The van der Waals surface area contributed by atoms with Crippen LogP contribution in [0.4, 0.5) is 0 Å². The molecule has 0 aliphatic heterocycles. The maximum atomic E-state index is 3.64. The zero-order chi connectivity index (χ0) is 7.70. The first-order chi connectivity index (χ1) is 4.27. The monoisotopic (exact) mass is 146 g/mol. The van der Waals surface area contributed by atoms with Gasteiger partial charge in [-0.25, -0.2) is 0 Å². The van der Waals surface area contributed by atoms with Crippen LogP contribution in [0.3, 0.4) is 0 Å². The van der Waals surface area contributed by atoms with Crippen molar-refractivity contribution in [2.75, 3.05) is 6.26 Å². The molecule has 0 amide bonds. The Morgan fingerprint density at radius 1 is 1.44 bits per heavy atom. The van der Waals surface area contributed by atoms with Crippen molar-refractivity contribution < 1.29 is 0 Å². The Morgan fingerprint density at radius 3 is 2.00 bits per heavy atom. The lowest BCUT2D eigenvalue weighted by Gasteiger charge is -1.78. The molecule has 0 aromatic carbocycles. The van der Waals surface area contributed by atoms with Crippen molar-refractivity contribution in [3.8, 4) is 0 Å². The molecule has 0 rings (SSSR count). The van der Waals surface area contributed by atoms with Gasteiger partial charge >= 0.3 is 0 Å². The van der Waals surface area contributed by atoms with Crippen molar-refractivity contribution in [2.24, 2.45) is 9.63 Å². The van der Waals surface area contributed by atoms with E-state index in [4.69, 9.17) is 0 Å². The minimum Gasteiger partial charge on any atom is -0.149 e. The van der Waals surface area contributed by atoms with E-state index < -0.39 is 0 Å². The second-order valence-corrected chi connectivity index (χ2v) is 1.63. The summed E-state index contributed by atoms with van der Waals surface area (Å²) in [7, 11) is 0. The second kappa shape index (κ2) is 10.6. The molecule has 0 bridgehead atoms. The molecule has 0 N–H and O–H groups in total. The normalized spacial score (nSPS) is 8.44. The van der Waals surface area contributed by atoms with Crippen LogP contribution in [0.5, 0.6) is 0 Å². The highest BCUT2D eigenvalue weighted by atomic mass is 32.2. The van der Waals surface area contributed by atoms with Crippen molar-refractivity contribution in [2.45, 2.75) is 20.8 Å². The SMILES string of the molecule is C=C(C)N=NSC.CC. The molecule has 0 aliphatic carbocycles. The summed E-state index contributed by atoms with van der Waals surface area (Å²) >= 11 is 1.33. The van der Waals surface area contributed by atoms with Gasteiger partial charge in [-0.2, -0.15) is 0 Å². The molecule has 0 radical (unpaired) electrons. The van der Waals surface area contributed by atoms with E-state index in [1.807, 2.05) is 20.1 Å². The predicted molar refractivity (Wildman–Crippen MR) is 44.5 cm³/mol. The fourth-order valence-electron chi connectivity index (χ4n) is 0.111. The zero-order valence-corrected chi connectivity index (χ0v) is 7.33. The van der Waals surface area contributed by atoms with Gasteiger partial charge in [0.2, 0.25) is 0 Å². The molecule has 0 unspecified atom stereocenters. The first-order valence-electron chi connectivity index (χ1n) is 2.87. The molecular formula is C6H14N2S.